The molecular weight excluding hydrogens is 218 g/mol. The number of aromatic amines is 1. The summed E-state index contributed by atoms with van der Waals surface area (Å²) in [5, 5.41) is 12.9. The van der Waals surface area contributed by atoms with Crippen molar-refractivity contribution in [2.45, 2.75) is 38.6 Å². The van der Waals surface area contributed by atoms with E-state index in [1.54, 1.807) is 0 Å². The fourth-order valence-corrected chi connectivity index (χ4v) is 1.97. The van der Waals surface area contributed by atoms with Crippen LogP contribution in [0.1, 0.15) is 42.6 Å². The SMILES string of the molecule is CCCc1nc(C(=O)N[C@H]2CCCNC2)n[nH]1. The zero-order valence-corrected chi connectivity index (χ0v) is 10.1. The van der Waals surface area contributed by atoms with Gasteiger partial charge in [-0.3, -0.25) is 9.89 Å². The first-order valence-electron chi connectivity index (χ1n) is 6.22. The lowest BCUT2D eigenvalue weighted by Gasteiger charge is -2.23. The minimum absolute atomic E-state index is 0.183. The van der Waals surface area contributed by atoms with E-state index in [9.17, 15) is 4.79 Å². The third-order valence-corrected chi connectivity index (χ3v) is 2.85. The van der Waals surface area contributed by atoms with Crippen LogP contribution in [0.4, 0.5) is 0 Å². The van der Waals surface area contributed by atoms with Crippen LogP contribution in [0.5, 0.6) is 0 Å². The summed E-state index contributed by atoms with van der Waals surface area (Å²) in [6.07, 6.45) is 3.93. The molecule has 2 heterocycles. The molecule has 6 heteroatoms. The van der Waals surface area contributed by atoms with Crippen molar-refractivity contribution < 1.29 is 4.79 Å². The minimum Gasteiger partial charge on any atom is -0.345 e. The lowest BCUT2D eigenvalue weighted by molar-refractivity contribution is 0.0920. The van der Waals surface area contributed by atoms with Gasteiger partial charge in [0.15, 0.2) is 0 Å². The van der Waals surface area contributed by atoms with Gasteiger partial charge in [0.2, 0.25) is 5.82 Å². The van der Waals surface area contributed by atoms with Gasteiger partial charge < -0.3 is 10.6 Å². The first-order chi connectivity index (χ1) is 8.29. The van der Waals surface area contributed by atoms with E-state index >= 15 is 0 Å². The van der Waals surface area contributed by atoms with Crippen LogP contribution in [0.3, 0.4) is 0 Å². The highest BCUT2D eigenvalue weighted by Crippen LogP contribution is 2.03. The van der Waals surface area contributed by atoms with Crippen molar-refractivity contribution in [2.75, 3.05) is 13.1 Å². The number of hydrogen-bond acceptors (Lipinski definition) is 4. The number of rotatable bonds is 4. The standard InChI is InChI=1S/C11H19N5O/c1-2-4-9-14-10(16-15-9)11(17)13-8-5-3-6-12-7-8/h8,12H,2-7H2,1H3,(H,13,17)(H,14,15,16)/t8-/m0/s1. The number of carbonyl (C=O) groups is 1. The van der Waals surface area contributed by atoms with Gasteiger partial charge in [-0.25, -0.2) is 4.98 Å². The Balaban J connectivity index is 1.89. The molecule has 0 aliphatic carbocycles. The van der Waals surface area contributed by atoms with Crippen LogP contribution in [0.25, 0.3) is 0 Å². The van der Waals surface area contributed by atoms with Gasteiger partial charge in [-0.05, 0) is 25.8 Å². The zero-order chi connectivity index (χ0) is 12.1. The smallest absolute Gasteiger partial charge is 0.291 e. The van der Waals surface area contributed by atoms with Crippen LogP contribution in [-0.2, 0) is 6.42 Å². The lowest BCUT2D eigenvalue weighted by Crippen LogP contribution is -2.45. The van der Waals surface area contributed by atoms with Crippen molar-refractivity contribution in [1.82, 2.24) is 25.8 Å². The van der Waals surface area contributed by atoms with E-state index in [0.717, 1.165) is 44.6 Å². The second-order valence-electron chi connectivity index (χ2n) is 4.37. The number of carbonyl (C=O) groups excluding carboxylic acids is 1. The third-order valence-electron chi connectivity index (χ3n) is 2.85. The maximum absolute atomic E-state index is 11.8. The second kappa shape index (κ2) is 5.77. The van der Waals surface area contributed by atoms with E-state index in [0.29, 0.717) is 0 Å². The number of aryl methyl sites for hydroxylation is 1. The molecule has 3 N–H and O–H groups in total. The summed E-state index contributed by atoms with van der Waals surface area (Å²) in [7, 11) is 0. The summed E-state index contributed by atoms with van der Waals surface area (Å²) in [6.45, 7) is 3.93. The molecule has 1 saturated heterocycles. The fourth-order valence-electron chi connectivity index (χ4n) is 1.97. The van der Waals surface area contributed by atoms with E-state index in [1.807, 2.05) is 0 Å². The molecule has 0 radical (unpaired) electrons. The van der Waals surface area contributed by atoms with Gasteiger partial charge >= 0.3 is 0 Å². The van der Waals surface area contributed by atoms with Crippen LogP contribution < -0.4 is 10.6 Å². The molecule has 0 spiro atoms. The molecular formula is C11H19N5O. The van der Waals surface area contributed by atoms with Crippen molar-refractivity contribution in [3.8, 4) is 0 Å². The first-order valence-corrected chi connectivity index (χ1v) is 6.22. The number of hydrogen-bond donors (Lipinski definition) is 3. The highest BCUT2D eigenvalue weighted by atomic mass is 16.2. The number of nitrogens with zero attached hydrogens (tertiary/aromatic N) is 2. The van der Waals surface area contributed by atoms with Gasteiger partial charge in [-0.2, -0.15) is 0 Å². The summed E-state index contributed by atoms with van der Waals surface area (Å²) < 4.78 is 0. The highest BCUT2D eigenvalue weighted by Gasteiger charge is 2.18. The predicted octanol–water partition coefficient (Wildman–Crippen LogP) is 0.239. The molecule has 1 aliphatic heterocycles. The number of aromatic nitrogens is 3. The Morgan fingerprint density at radius 3 is 3.18 bits per heavy atom. The molecule has 0 aromatic carbocycles. The summed E-state index contributed by atoms with van der Waals surface area (Å²) in [5.74, 6) is 0.843. The van der Waals surface area contributed by atoms with Gasteiger partial charge in [0, 0.05) is 19.0 Å². The fraction of sp³-hybridized carbons (Fsp3) is 0.727. The maximum Gasteiger partial charge on any atom is 0.291 e. The molecule has 2 rings (SSSR count). The average Bonchev–Trinajstić information content (AvgIpc) is 2.79. The molecule has 1 amide bonds. The highest BCUT2D eigenvalue weighted by molar-refractivity contribution is 5.90. The van der Waals surface area contributed by atoms with Crippen molar-refractivity contribution in [2.24, 2.45) is 0 Å². The summed E-state index contributed by atoms with van der Waals surface area (Å²) >= 11 is 0. The van der Waals surface area contributed by atoms with Crippen LogP contribution in [-0.4, -0.2) is 40.2 Å². The van der Waals surface area contributed by atoms with E-state index in [4.69, 9.17) is 0 Å². The predicted molar refractivity (Wildman–Crippen MR) is 63.7 cm³/mol. The Morgan fingerprint density at radius 2 is 2.47 bits per heavy atom. The van der Waals surface area contributed by atoms with E-state index < -0.39 is 0 Å². The molecule has 1 aromatic heterocycles. The number of nitrogens with one attached hydrogen (secondary N) is 3. The summed E-state index contributed by atoms with van der Waals surface area (Å²) in [4.78, 5) is 16.0. The quantitative estimate of drug-likeness (QED) is 0.700. The Hall–Kier alpha value is -1.43. The number of piperidine rings is 1. The number of amides is 1. The Labute approximate surface area is 101 Å². The number of H-pyrrole nitrogens is 1. The maximum atomic E-state index is 11.8. The lowest BCUT2D eigenvalue weighted by atomic mass is 10.1. The van der Waals surface area contributed by atoms with E-state index in [2.05, 4.69) is 32.7 Å². The van der Waals surface area contributed by atoms with Gasteiger partial charge in [-0.15, -0.1) is 5.10 Å². The van der Waals surface area contributed by atoms with Gasteiger partial charge in [-0.1, -0.05) is 6.92 Å². The molecule has 0 bridgehead atoms. The molecule has 1 aliphatic rings. The molecule has 1 fully saturated rings. The van der Waals surface area contributed by atoms with Crippen LogP contribution in [0, 0.1) is 0 Å². The van der Waals surface area contributed by atoms with Gasteiger partial charge in [0.05, 0.1) is 0 Å². The minimum atomic E-state index is -0.183. The summed E-state index contributed by atoms with van der Waals surface area (Å²) in [6, 6.07) is 0.198. The normalized spacial score (nSPS) is 20.2. The summed E-state index contributed by atoms with van der Waals surface area (Å²) in [5.41, 5.74) is 0. The molecule has 1 aromatic rings. The van der Waals surface area contributed by atoms with Crippen LogP contribution >= 0.6 is 0 Å². The molecule has 94 valence electrons. The second-order valence-corrected chi connectivity index (χ2v) is 4.37. The van der Waals surface area contributed by atoms with Gasteiger partial charge in [0.25, 0.3) is 5.91 Å². The Kier molecular flexibility index (Phi) is 4.08. The molecule has 1 atom stereocenters. The average molecular weight is 237 g/mol. The topological polar surface area (TPSA) is 82.7 Å². The largest absolute Gasteiger partial charge is 0.345 e. The molecule has 6 nitrogen and oxygen atoms in total. The van der Waals surface area contributed by atoms with Crippen molar-refractivity contribution in [3.05, 3.63) is 11.6 Å². The van der Waals surface area contributed by atoms with Gasteiger partial charge in [0.1, 0.15) is 5.82 Å². The van der Waals surface area contributed by atoms with E-state index in [-0.39, 0.29) is 17.8 Å². The van der Waals surface area contributed by atoms with E-state index in [1.165, 1.54) is 0 Å². The van der Waals surface area contributed by atoms with Crippen molar-refractivity contribution >= 4 is 5.91 Å². The molecule has 0 unspecified atom stereocenters. The van der Waals surface area contributed by atoms with Crippen LogP contribution in [0.2, 0.25) is 0 Å². The first kappa shape index (κ1) is 12.0. The molecule has 0 saturated carbocycles. The van der Waals surface area contributed by atoms with Crippen LogP contribution in [0.15, 0.2) is 0 Å². The van der Waals surface area contributed by atoms with Crippen molar-refractivity contribution in [1.29, 1.82) is 0 Å². The third kappa shape index (κ3) is 3.26. The monoisotopic (exact) mass is 237 g/mol. The molecule has 17 heavy (non-hydrogen) atoms. The van der Waals surface area contributed by atoms with Crippen molar-refractivity contribution in [3.63, 3.8) is 0 Å². The Bertz CT molecular complexity index is 370. The Morgan fingerprint density at radius 1 is 1.59 bits per heavy atom. The zero-order valence-electron chi connectivity index (χ0n) is 10.1.